The molecule has 0 aliphatic rings. The van der Waals surface area contributed by atoms with E-state index in [1.54, 1.807) is 20.8 Å². The topological polar surface area (TPSA) is 85.2 Å². The van der Waals surface area contributed by atoms with E-state index in [-0.39, 0.29) is 23.7 Å². The van der Waals surface area contributed by atoms with Gasteiger partial charge in [-0.3, -0.25) is 9.59 Å². The summed E-state index contributed by atoms with van der Waals surface area (Å²) < 4.78 is 44.9. The number of alkyl halides is 3. The first-order chi connectivity index (χ1) is 12.9. The number of halogens is 3. The maximum Gasteiger partial charge on any atom is 0.416 e. The zero-order chi connectivity index (χ0) is 21.1. The number of hydrogen-bond donors (Lipinski definition) is 2. The maximum absolute atomic E-state index is 12.9. The van der Waals surface area contributed by atoms with Crippen molar-refractivity contribution >= 4 is 11.8 Å². The van der Waals surface area contributed by atoms with Crippen LogP contribution in [0.15, 0.2) is 30.5 Å². The first-order valence-electron chi connectivity index (χ1n) is 8.31. The average Bonchev–Trinajstić information content (AvgIpc) is 3.02. The van der Waals surface area contributed by atoms with Crippen LogP contribution < -0.4 is 15.4 Å². The summed E-state index contributed by atoms with van der Waals surface area (Å²) in [5.41, 5.74) is -1.34. The Kier molecular flexibility index (Phi) is 6.01. The highest BCUT2D eigenvalue weighted by atomic mass is 19.4. The Morgan fingerprint density at radius 3 is 2.46 bits per heavy atom. The van der Waals surface area contributed by atoms with Crippen LogP contribution in [0.5, 0.6) is 5.75 Å². The Hall–Kier alpha value is -3.04. The number of rotatable bonds is 5. The summed E-state index contributed by atoms with van der Waals surface area (Å²) in [7, 11) is 1.30. The molecule has 0 radical (unpaired) electrons. The van der Waals surface area contributed by atoms with Gasteiger partial charge in [-0.1, -0.05) is 6.07 Å². The molecule has 1 aromatic heterocycles. The third-order valence-corrected chi connectivity index (χ3v) is 3.48. The molecule has 0 fully saturated rings. The second-order valence-electron chi connectivity index (χ2n) is 7.02. The fourth-order valence-electron chi connectivity index (χ4n) is 2.33. The molecule has 0 saturated heterocycles. The lowest BCUT2D eigenvalue weighted by Gasteiger charge is -2.20. The highest BCUT2D eigenvalue weighted by Crippen LogP contribution is 2.30. The normalized spacial score (nSPS) is 11.8. The molecule has 1 heterocycles. The molecule has 28 heavy (non-hydrogen) atoms. The standard InChI is InChI=1S/C18H21F3N4O3/c1-17(2,3)23-14(26)9-22-16(27)15-13(28-4)10-25(24-15)12-7-5-6-11(8-12)18(19,20)21/h5-8,10H,9H2,1-4H3,(H,22,27)(H,23,26). The third kappa shape index (κ3) is 5.48. The number of nitrogens with zero attached hydrogens (tertiary/aromatic N) is 2. The van der Waals surface area contributed by atoms with Gasteiger partial charge in [0.15, 0.2) is 11.4 Å². The van der Waals surface area contributed by atoms with Crippen molar-refractivity contribution in [3.63, 3.8) is 0 Å². The summed E-state index contributed by atoms with van der Waals surface area (Å²) in [6.07, 6.45) is -3.21. The van der Waals surface area contributed by atoms with Crippen LogP contribution in [0.3, 0.4) is 0 Å². The molecule has 0 aliphatic carbocycles. The van der Waals surface area contributed by atoms with Crippen LogP contribution >= 0.6 is 0 Å². The van der Waals surface area contributed by atoms with E-state index in [0.717, 1.165) is 16.8 Å². The zero-order valence-electron chi connectivity index (χ0n) is 15.8. The molecule has 1 aromatic carbocycles. The van der Waals surface area contributed by atoms with Gasteiger partial charge in [0.25, 0.3) is 5.91 Å². The number of nitrogens with one attached hydrogen (secondary N) is 2. The minimum atomic E-state index is -4.51. The minimum absolute atomic E-state index is 0.0612. The molecular formula is C18H21F3N4O3. The fraction of sp³-hybridized carbons (Fsp3) is 0.389. The van der Waals surface area contributed by atoms with Crippen molar-refractivity contribution in [2.24, 2.45) is 0 Å². The van der Waals surface area contributed by atoms with E-state index in [1.807, 2.05) is 0 Å². The fourth-order valence-corrected chi connectivity index (χ4v) is 2.33. The van der Waals surface area contributed by atoms with Gasteiger partial charge in [0.05, 0.1) is 31.1 Å². The lowest BCUT2D eigenvalue weighted by atomic mass is 10.1. The Morgan fingerprint density at radius 2 is 1.89 bits per heavy atom. The van der Waals surface area contributed by atoms with E-state index < -0.39 is 29.1 Å². The Balaban J connectivity index is 2.20. The van der Waals surface area contributed by atoms with E-state index in [0.29, 0.717) is 0 Å². The highest BCUT2D eigenvalue weighted by Gasteiger charge is 2.30. The predicted molar refractivity (Wildman–Crippen MR) is 95.3 cm³/mol. The molecule has 152 valence electrons. The lowest BCUT2D eigenvalue weighted by molar-refractivity contribution is -0.137. The second kappa shape index (κ2) is 7.91. The van der Waals surface area contributed by atoms with Crippen molar-refractivity contribution < 1.29 is 27.5 Å². The van der Waals surface area contributed by atoms with Crippen LogP contribution in [-0.4, -0.2) is 40.8 Å². The van der Waals surface area contributed by atoms with Gasteiger partial charge in [-0.15, -0.1) is 0 Å². The van der Waals surface area contributed by atoms with Crippen LogP contribution in [0, 0.1) is 0 Å². The first kappa shape index (κ1) is 21.3. The molecular weight excluding hydrogens is 377 g/mol. The molecule has 10 heteroatoms. The van der Waals surface area contributed by atoms with Crippen molar-refractivity contribution in [3.8, 4) is 11.4 Å². The van der Waals surface area contributed by atoms with Gasteiger partial charge in [-0.05, 0) is 39.0 Å². The predicted octanol–water partition coefficient (Wildman–Crippen LogP) is 2.54. The summed E-state index contributed by atoms with van der Waals surface area (Å²) >= 11 is 0. The van der Waals surface area contributed by atoms with Crippen molar-refractivity contribution in [1.29, 1.82) is 0 Å². The summed E-state index contributed by atoms with van der Waals surface area (Å²) in [4.78, 5) is 24.2. The smallest absolute Gasteiger partial charge is 0.416 e. The van der Waals surface area contributed by atoms with Gasteiger partial charge in [0, 0.05) is 5.54 Å². The van der Waals surface area contributed by atoms with Gasteiger partial charge >= 0.3 is 6.18 Å². The van der Waals surface area contributed by atoms with Crippen molar-refractivity contribution in [1.82, 2.24) is 20.4 Å². The van der Waals surface area contributed by atoms with E-state index in [9.17, 15) is 22.8 Å². The lowest BCUT2D eigenvalue weighted by Crippen LogP contribution is -2.45. The molecule has 0 spiro atoms. The number of amides is 2. The quantitative estimate of drug-likeness (QED) is 0.811. The molecule has 2 aromatic rings. The van der Waals surface area contributed by atoms with Crippen LogP contribution in [0.2, 0.25) is 0 Å². The minimum Gasteiger partial charge on any atom is -0.493 e. The van der Waals surface area contributed by atoms with Gasteiger partial charge in [0.1, 0.15) is 0 Å². The van der Waals surface area contributed by atoms with Gasteiger partial charge in [0.2, 0.25) is 5.91 Å². The average molecular weight is 398 g/mol. The largest absolute Gasteiger partial charge is 0.493 e. The number of methoxy groups -OCH3 is 1. The summed E-state index contributed by atoms with van der Waals surface area (Å²) in [6.45, 7) is 5.11. The van der Waals surface area contributed by atoms with Crippen LogP contribution in [0.25, 0.3) is 5.69 Å². The Bertz CT molecular complexity index is 870. The number of hydrogen-bond acceptors (Lipinski definition) is 4. The Labute approximate surface area is 159 Å². The van der Waals surface area contributed by atoms with Crippen molar-refractivity contribution in [2.75, 3.05) is 13.7 Å². The first-order valence-corrected chi connectivity index (χ1v) is 8.31. The molecule has 0 aliphatic heterocycles. The van der Waals surface area contributed by atoms with Crippen molar-refractivity contribution in [2.45, 2.75) is 32.5 Å². The number of aromatic nitrogens is 2. The number of carbonyl (C=O) groups excluding carboxylic acids is 2. The summed E-state index contributed by atoms with van der Waals surface area (Å²) in [5, 5.41) is 9.11. The molecule has 0 saturated carbocycles. The Morgan fingerprint density at radius 1 is 1.21 bits per heavy atom. The maximum atomic E-state index is 12.9. The molecule has 2 rings (SSSR count). The van der Waals surface area contributed by atoms with Crippen LogP contribution in [0.1, 0.15) is 36.8 Å². The molecule has 2 N–H and O–H groups in total. The summed E-state index contributed by atoms with van der Waals surface area (Å²) in [6, 6.07) is 4.50. The molecule has 7 nitrogen and oxygen atoms in total. The van der Waals surface area contributed by atoms with Crippen LogP contribution in [0.4, 0.5) is 13.2 Å². The number of benzene rings is 1. The van der Waals surface area contributed by atoms with Gasteiger partial charge < -0.3 is 15.4 Å². The summed E-state index contributed by atoms with van der Waals surface area (Å²) in [5.74, 6) is -1.02. The monoisotopic (exact) mass is 398 g/mol. The molecule has 0 unspecified atom stereocenters. The molecule has 0 atom stereocenters. The van der Waals surface area contributed by atoms with Gasteiger partial charge in [-0.2, -0.15) is 18.3 Å². The number of carbonyl (C=O) groups is 2. The van der Waals surface area contributed by atoms with Crippen LogP contribution in [-0.2, 0) is 11.0 Å². The molecule has 0 bridgehead atoms. The van der Waals surface area contributed by atoms with E-state index in [4.69, 9.17) is 4.74 Å². The second-order valence-corrected chi connectivity index (χ2v) is 7.02. The van der Waals surface area contributed by atoms with Crippen molar-refractivity contribution in [3.05, 3.63) is 41.7 Å². The third-order valence-electron chi connectivity index (χ3n) is 3.48. The van der Waals surface area contributed by atoms with E-state index in [2.05, 4.69) is 15.7 Å². The van der Waals surface area contributed by atoms with E-state index >= 15 is 0 Å². The van der Waals surface area contributed by atoms with E-state index in [1.165, 1.54) is 25.4 Å². The SMILES string of the molecule is COc1cn(-c2cccc(C(F)(F)F)c2)nc1C(=O)NCC(=O)NC(C)(C)C. The highest BCUT2D eigenvalue weighted by molar-refractivity contribution is 5.97. The number of ether oxygens (including phenoxy) is 1. The van der Waals surface area contributed by atoms with Gasteiger partial charge in [-0.25, -0.2) is 4.68 Å². The zero-order valence-corrected chi connectivity index (χ0v) is 15.8. The molecule has 2 amide bonds.